The van der Waals surface area contributed by atoms with E-state index in [2.05, 4.69) is 20.8 Å². The Bertz CT molecular complexity index is 951. The quantitative estimate of drug-likeness (QED) is 0.580. The number of methoxy groups -OCH3 is 1. The molecule has 2 aromatic rings. The van der Waals surface area contributed by atoms with Gasteiger partial charge in [-0.25, -0.2) is 4.98 Å². The summed E-state index contributed by atoms with van der Waals surface area (Å²) in [7, 11) is 1.54. The maximum atomic E-state index is 12.5. The highest BCUT2D eigenvalue weighted by Crippen LogP contribution is 2.12. The number of amides is 2. The number of hydrogen-bond acceptors (Lipinski definition) is 7. The molecule has 2 amide bonds. The molecule has 0 saturated carbocycles. The number of rotatable bonds is 6. The van der Waals surface area contributed by atoms with E-state index in [4.69, 9.17) is 9.47 Å². The van der Waals surface area contributed by atoms with Gasteiger partial charge in [0.15, 0.2) is 0 Å². The van der Waals surface area contributed by atoms with Crippen LogP contribution < -0.4 is 26.0 Å². The van der Waals surface area contributed by atoms with Crippen molar-refractivity contribution in [3.8, 4) is 5.75 Å². The van der Waals surface area contributed by atoms with Crippen molar-refractivity contribution in [3.05, 3.63) is 51.4 Å². The highest BCUT2D eigenvalue weighted by Gasteiger charge is 2.17. The summed E-state index contributed by atoms with van der Waals surface area (Å²) in [5.74, 6) is 0.287. The third-order valence-corrected chi connectivity index (χ3v) is 4.79. The Morgan fingerprint density at radius 3 is 2.53 bits per heavy atom. The van der Waals surface area contributed by atoms with Gasteiger partial charge in [-0.2, -0.15) is 0 Å². The number of aromatic amines is 1. The Morgan fingerprint density at radius 1 is 1.20 bits per heavy atom. The molecule has 0 spiro atoms. The Labute approximate surface area is 173 Å². The summed E-state index contributed by atoms with van der Waals surface area (Å²) in [4.78, 5) is 45.8. The fraction of sp³-hybridized carbons (Fsp3) is 0.400. The van der Waals surface area contributed by atoms with Crippen molar-refractivity contribution in [3.63, 3.8) is 0 Å². The largest absolute Gasteiger partial charge is 0.497 e. The van der Waals surface area contributed by atoms with Crippen LogP contribution in [0.4, 0.5) is 5.95 Å². The van der Waals surface area contributed by atoms with Crippen LogP contribution in [-0.4, -0.2) is 55.2 Å². The number of carbonyl (C=O) groups is 2. The van der Waals surface area contributed by atoms with Gasteiger partial charge in [0.2, 0.25) is 11.9 Å². The molecule has 30 heavy (non-hydrogen) atoms. The molecule has 0 bridgehead atoms. The zero-order valence-corrected chi connectivity index (χ0v) is 17.0. The average Bonchev–Trinajstić information content (AvgIpc) is 2.77. The predicted molar refractivity (Wildman–Crippen MR) is 110 cm³/mol. The molecule has 1 saturated heterocycles. The van der Waals surface area contributed by atoms with Gasteiger partial charge in [0.05, 0.1) is 20.3 Å². The number of hydrazine groups is 1. The highest BCUT2D eigenvalue weighted by molar-refractivity contribution is 5.95. The summed E-state index contributed by atoms with van der Waals surface area (Å²) in [6.07, 6.45) is 0.243. The van der Waals surface area contributed by atoms with E-state index in [1.165, 1.54) is 7.11 Å². The van der Waals surface area contributed by atoms with Gasteiger partial charge in [0.1, 0.15) is 5.75 Å². The van der Waals surface area contributed by atoms with Crippen LogP contribution in [0.25, 0.3) is 0 Å². The third kappa shape index (κ3) is 5.35. The number of benzene rings is 1. The van der Waals surface area contributed by atoms with E-state index in [1.807, 2.05) is 4.90 Å². The van der Waals surface area contributed by atoms with Crippen molar-refractivity contribution in [1.82, 2.24) is 20.8 Å². The van der Waals surface area contributed by atoms with Crippen LogP contribution in [0.5, 0.6) is 5.75 Å². The molecule has 3 N–H and O–H groups in total. The SMILES string of the molecule is COc1ccc(C(=O)NNC(=O)CCc2c(C)nc(N3CCOCC3)[nH]c2=O)cc1. The summed E-state index contributed by atoms with van der Waals surface area (Å²) in [5, 5.41) is 0. The summed E-state index contributed by atoms with van der Waals surface area (Å²) in [6, 6.07) is 6.48. The molecule has 10 nitrogen and oxygen atoms in total. The minimum atomic E-state index is -0.448. The maximum absolute atomic E-state index is 12.5. The number of aryl methyl sites for hydroxylation is 1. The van der Waals surface area contributed by atoms with Gasteiger partial charge in [0.25, 0.3) is 11.5 Å². The van der Waals surface area contributed by atoms with Crippen molar-refractivity contribution in [2.45, 2.75) is 19.8 Å². The maximum Gasteiger partial charge on any atom is 0.269 e. The van der Waals surface area contributed by atoms with Gasteiger partial charge < -0.3 is 14.4 Å². The van der Waals surface area contributed by atoms with Gasteiger partial charge in [-0.1, -0.05) is 0 Å². The zero-order chi connectivity index (χ0) is 21.5. The fourth-order valence-electron chi connectivity index (χ4n) is 3.06. The molecule has 1 fully saturated rings. The molecule has 2 heterocycles. The smallest absolute Gasteiger partial charge is 0.269 e. The van der Waals surface area contributed by atoms with Crippen LogP contribution in [0, 0.1) is 6.92 Å². The predicted octanol–water partition coefficient (Wildman–Crippen LogP) is 0.317. The molecule has 0 atom stereocenters. The van der Waals surface area contributed by atoms with Crippen LogP contribution in [0.2, 0.25) is 0 Å². The van der Waals surface area contributed by atoms with Gasteiger partial charge in [-0.15, -0.1) is 0 Å². The number of nitrogens with zero attached hydrogens (tertiary/aromatic N) is 2. The molecule has 0 aliphatic carbocycles. The normalized spacial score (nSPS) is 13.6. The monoisotopic (exact) mass is 415 g/mol. The number of ether oxygens (including phenoxy) is 2. The molecule has 1 aromatic heterocycles. The second-order valence-corrected chi connectivity index (χ2v) is 6.78. The number of anilines is 1. The molecular weight excluding hydrogens is 390 g/mol. The van der Waals surface area contributed by atoms with E-state index in [-0.39, 0.29) is 18.4 Å². The lowest BCUT2D eigenvalue weighted by Gasteiger charge is -2.27. The second-order valence-electron chi connectivity index (χ2n) is 6.78. The number of H-pyrrole nitrogens is 1. The van der Waals surface area contributed by atoms with Crippen LogP contribution in [0.3, 0.4) is 0 Å². The highest BCUT2D eigenvalue weighted by atomic mass is 16.5. The van der Waals surface area contributed by atoms with E-state index < -0.39 is 11.8 Å². The first-order chi connectivity index (χ1) is 14.5. The van der Waals surface area contributed by atoms with Gasteiger partial charge >= 0.3 is 0 Å². The van der Waals surface area contributed by atoms with Gasteiger partial charge in [-0.3, -0.25) is 30.2 Å². The lowest BCUT2D eigenvalue weighted by atomic mass is 10.1. The minimum absolute atomic E-state index is 0.0331. The first kappa shape index (κ1) is 21.3. The van der Waals surface area contributed by atoms with E-state index in [9.17, 15) is 14.4 Å². The molecule has 1 aromatic carbocycles. The van der Waals surface area contributed by atoms with E-state index >= 15 is 0 Å². The third-order valence-electron chi connectivity index (χ3n) is 4.79. The molecule has 10 heteroatoms. The topological polar surface area (TPSA) is 126 Å². The van der Waals surface area contributed by atoms with Crippen LogP contribution >= 0.6 is 0 Å². The molecule has 1 aliphatic rings. The Kier molecular flexibility index (Phi) is 7.02. The summed E-state index contributed by atoms with van der Waals surface area (Å²) < 4.78 is 10.3. The first-order valence-electron chi connectivity index (χ1n) is 9.63. The standard InChI is InChI=1S/C20H25N5O5/c1-13-16(19(28)22-20(21-13)25-9-11-30-12-10-25)7-8-17(26)23-24-18(27)14-3-5-15(29-2)6-4-14/h3-6H,7-12H2,1-2H3,(H,23,26)(H,24,27)(H,21,22,28). The molecule has 0 unspecified atom stereocenters. The van der Waals surface area contributed by atoms with Crippen molar-refractivity contribution >= 4 is 17.8 Å². The summed E-state index contributed by atoms with van der Waals surface area (Å²) in [5.41, 5.74) is 5.85. The Balaban J connectivity index is 1.52. The second kappa shape index (κ2) is 9.88. The van der Waals surface area contributed by atoms with Crippen molar-refractivity contribution < 1.29 is 19.1 Å². The van der Waals surface area contributed by atoms with Crippen molar-refractivity contribution in [1.29, 1.82) is 0 Å². The fourth-order valence-corrected chi connectivity index (χ4v) is 3.06. The molecule has 3 rings (SSSR count). The van der Waals surface area contributed by atoms with Crippen LogP contribution in [-0.2, 0) is 16.0 Å². The summed E-state index contributed by atoms with van der Waals surface area (Å²) in [6.45, 7) is 4.26. The summed E-state index contributed by atoms with van der Waals surface area (Å²) >= 11 is 0. The van der Waals surface area contributed by atoms with Crippen LogP contribution in [0.1, 0.15) is 28.0 Å². The van der Waals surface area contributed by atoms with Crippen molar-refractivity contribution in [2.75, 3.05) is 38.3 Å². The van der Waals surface area contributed by atoms with E-state index in [0.717, 1.165) is 0 Å². The number of hydrogen-bond donors (Lipinski definition) is 3. The van der Waals surface area contributed by atoms with Crippen LogP contribution in [0.15, 0.2) is 29.1 Å². The lowest BCUT2D eigenvalue weighted by molar-refractivity contribution is -0.121. The van der Waals surface area contributed by atoms with E-state index in [0.29, 0.717) is 54.8 Å². The van der Waals surface area contributed by atoms with Crippen molar-refractivity contribution in [2.24, 2.45) is 0 Å². The Hall–Kier alpha value is -3.40. The van der Waals surface area contributed by atoms with E-state index in [1.54, 1.807) is 31.2 Å². The molecule has 1 aliphatic heterocycles. The number of nitrogens with one attached hydrogen (secondary N) is 3. The molecular formula is C20H25N5O5. The van der Waals surface area contributed by atoms with Gasteiger partial charge in [0, 0.05) is 36.3 Å². The minimum Gasteiger partial charge on any atom is -0.497 e. The zero-order valence-electron chi connectivity index (χ0n) is 17.0. The number of aromatic nitrogens is 2. The average molecular weight is 415 g/mol. The van der Waals surface area contributed by atoms with Gasteiger partial charge in [-0.05, 0) is 37.6 Å². The first-order valence-corrected chi connectivity index (χ1v) is 9.63. The molecule has 0 radical (unpaired) electrons. The lowest BCUT2D eigenvalue weighted by Crippen LogP contribution is -2.42. The number of carbonyl (C=O) groups excluding carboxylic acids is 2. The Morgan fingerprint density at radius 2 is 1.90 bits per heavy atom. The number of morpholine rings is 1. The molecule has 160 valence electrons.